The first kappa shape index (κ1) is 77.4. The van der Waals surface area contributed by atoms with E-state index in [1.807, 2.05) is 0 Å². The van der Waals surface area contributed by atoms with Gasteiger partial charge in [0.15, 0.2) is 6.10 Å². The molecule has 0 aliphatic rings. The molecule has 6 heteroatoms. The van der Waals surface area contributed by atoms with Gasteiger partial charge in [-0.2, -0.15) is 0 Å². The first-order valence-electron chi connectivity index (χ1n) is 36.2. The molecule has 0 bridgehead atoms. The highest BCUT2D eigenvalue weighted by molar-refractivity contribution is 5.71. The minimum Gasteiger partial charge on any atom is -0.462 e. The van der Waals surface area contributed by atoms with E-state index >= 15 is 0 Å². The van der Waals surface area contributed by atoms with Gasteiger partial charge in [-0.15, -0.1) is 0 Å². The highest BCUT2D eigenvalue weighted by Gasteiger charge is 2.20. The van der Waals surface area contributed by atoms with E-state index < -0.39 is 6.10 Å². The van der Waals surface area contributed by atoms with E-state index in [1.165, 1.54) is 295 Å². The topological polar surface area (TPSA) is 78.9 Å². The predicted molar refractivity (Wildman–Crippen MR) is 344 cm³/mol. The van der Waals surface area contributed by atoms with Gasteiger partial charge in [-0.25, -0.2) is 0 Å². The molecule has 0 saturated carbocycles. The molecule has 3 atom stereocenters. The average molecular weight is 1120 g/mol. The summed E-state index contributed by atoms with van der Waals surface area (Å²) in [5.74, 6) is 1.84. The van der Waals surface area contributed by atoms with Gasteiger partial charge in [0.25, 0.3) is 0 Å². The number of unbranched alkanes of at least 4 members (excludes halogenated alkanes) is 47. The second kappa shape index (κ2) is 64.0. The zero-order chi connectivity index (χ0) is 57.6. The highest BCUT2D eigenvalue weighted by atomic mass is 16.6. The summed E-state index contributed by atoms with van der Waals surface area (Å²) in [6.45, 7) is 13.9. The zero-order valence-electron chi connectivity index (χ0n) is 54.7. The molecule has 0 radical (unpaired) electrons. The van der Waals surface area contributed by atoms with Crippen LogP contribution in [0.5, 0.6) is 0 Å². The molecule has 2 unspecified atom stereocenters. The van der Waals surface area contributed by atoms with Crippen LogP contribution in [-0.4, -0.2) is 37.2 Å². The van der Waals surface area contributed by atoms with Crippen molar-refractivity contribution in [2.75, 3.05) is 13.2 Å². The lowest BCUT2D eigenvalue weighted by Crippen LogP contribution is -2.30. The Kier molecular flexibility index (Phi) is 62.7. The maximum absolute atomic E-state index is 13.0. The third-order valence-corrected chi connectivity index (χ3v) is 17.6. The van der Waals surface area contributed by atoms with Gasteiger partial charge in [-0.3, -0.25) is 14.4 Å². The molecule has 470 valence electrons. The SMILES string of the molecule is CCC(C)CCCCCCCCCCCCCCCCCCCCC(=O)OC[C@@H](COC(=O)CCCCCCCCCCCCCCCCC(C)CC)OC(=O)CCCCCCCCCCCCCCCCCCCCC(C)C. The number of hydrogen-bond acceptors (Lipinski definition) is 6. The van der Waals surface area contributed by atoms with Gasteiger partial charge in [0, 0.05) is 19.3 Å². The van der Waals surface area contributed by atoms with Gasteiger partial charge in [0.1, 0.15) is 13.2 Å². The van der Waals surface area contributed by atoms with Crippen LogP contribution >= 0.6 is 0 Å². The van der Waals surface area contributed by atoms with Gasteiger partial charge in [-0.1, -0.05) is 375 Å². The van der Waals surface area contributed by atoms with E-state index in [0.717, 1.165) is 75.5 Å². The third-order valence-electron chi connectivity index (χ3n) is 17.6. The molecule has 0 aromatic heterocycles. The lowest BCUT2D eigenvalue weighted by atomic mass is 9.99. The van der Waals surface area contributed by atoms with Crippen molar-refractivity contribution in [1.82, 2.24) is 0 Å². The Morgan fingerprint density at radius 1 is 0.253 bits per heavy atom. The summed E-state index contributed by atoms with van der Waals surface area (Å²) in [5, 5.41) is 0. The van der Waals surface area contributed by atoms with Crippen LogP contribution < -0.4 is 0 Å². The van der Waals surface area contributed by atoms with Crippen molar-refractivity contribution in [2.24, 2.45) is 17.8 Å². The van der Waals surface area contributed by atoms with E-state index in [4.69, 9.17) is 14.2 Å². The number of esters is 3. The Morgan fingerprint density at radius 3 is 0.658 bits per heavy atom. The van der Waals surface area contributed by atoms with E-state index in [-0.39, 0.29) is 31.1 Å². The molecule has 0 aromatic carbocycles. The van der Waals surface area contributed by atoms with Gasteiger partial charge in [0.05, 0.1) is 0 Å². The van der Waals surface area contributed by atoms with Gasteiger partial charge in [0.2, 0.25) is 0 Å². The molecule has 0 saturated heterocycles. The number of hydrogen-bond donors (Lipinski definition) is 0. The molecule has 0 aromatic rings. The normalized spacial score (nSPS) is 12.8. The van der Waals surface area contributed by atoms with Crippen LogP contribution in [0.15, 0.2) is 0 Å². The fourth-order valence-corrected chi connectivity index (χ4v) is 11.4. The first-order valence-corrected chi connectivity index (χ1v) is 36.2. The Morgan fingerprint density at radius 2 is 0.443 bits per heavy atom. The summed E-state index contributed by atoms with van der Waals surface area (Å²) in [4.78, 5) is 38.5. The molecular weight excluding hydrogens is 973 g/mol. The van der Waals surface area contributed by atoms with E-state index in [1.54, 1.807) is 0 Å². The second-order valence-corrected chi connectivity index (χ2v) is 26.2. The summed E-state index contributed by atoms with van der Waals surface area (Å²) in [6.07, 6.45) is 72.5. The third kappa shape index (κ3) is 63.8. The van der Waals surface area contributed by atoms with Crippen LogP contribution in [0.4, 0.5) is 0 Å². The molecule has 0 aliphatic heterocycles. The molecule has 0 spiro atoms. The summed E-state index contributed by atoms with van der Waals surface area (Å²) in [7, 11) is 0. The summed E-state index contributed by atoms with van der Waals surface area (Å²) >= 11 is 0. The Balaban J connectivity index is 4.28. The minimum atomic E-state index is -0.766. The number of ether oxygens (including phenoxy) is 3. The molecule has 0 fully saturated rings. The van der Waals surface area contributed by atoms with Crippen molar-refractivity contribution in [1.29, 1.82) is 0 Å². The standard InChI is InChI=1S/C73H142O6/c1-7-68(5)60-54-48-42-36-30-24-18-14-10-12-15-19-26-32-38-44-50-56-62-71(74)77-65-70(66-78-72(75)63-57-51-45-39-33-27-22-21-25-31-37-43-49-55-61-69(6)8-2)79-73(76)64-58-52-46-40-34-28-20-16-11-9-13-17-23-29-35-41-47-53-59-67(3)4/h67-70H,7-66H2,1-6H3/t68?,69?,70-/m0/s1. The van der Waals surface area contributed by atoms with Crippen LogP contribution in [0.3, 0.4) is 0 Å². The highest BCUT2D eigenvalue weighted by Crippen LogP contribution is 2.21. The lowest BCUT2D eigenvalue weighted by molar-refractivity contribution is -0.167. The van der Waals surface area contributed by atoms with E-state index in [2.05, 4.69) is 41.5 Å². The van der Waals surface area contributed by atoms with Crippen LogP contribution in [0.1, 0.15) is 414 Å². The minimum absolute atomic E-state index is 0.0616. The smallest absolute Gasteiger partial charge is 0.306 e. The fourth-order valence-electron chi connectivity index (χ4n) is 11.4. The van der Waals surface area contributed by atoms with Gasteiger partial charge >= 0.3 is 17.9 Å². The summed E-state index contributed by atoms with van der Waals surface area (Å²) in [6, 6.07) is 0. The van der Waals surface area contributed by atoms with Crippen molar-refractivity contribution in [2.45, 2.75) is 420 Å². The monoisotopic (exact) mass is 1120 g/mol. The van der Waals surface area contributed by atoms with Crippen LogP contribution in [-0.2, 0) is 28.6 Å². The van der Waals surface area contributed by atoms with Crippen molar-refractivity contribution in [3.63, 3.8) is 0 Å². The van der Waals surface area contributed by atoms with Crippen LogP contribution in [0, 0.1) is 17.8 Å². The molecule has 0 heterocycles. The number of rotatable bonds is 66. The largest absolute Gasteiger partial charge is 0.462 e. The average Bonchev–Trinajstić information content (AvgIpc) is 3.44. The van der Waals surface area contributed by atoms with Crippen molar-refractivity contribution in [3.8, 4) is 0 Å². The summed E-state index contributed by atoms with van der Waals surface area (Å²) in [5.41, 5.74) is 0. The number of carbonyl (C=O) groups excluding carboxylic acids is 3. The molecule has 0 N–H and O–H groups in total. The molecule has 0 rings (SSSR count). The van der Waals surface area contributed by atoms with E-state index in [9.17, 15) is 14.4 Å². The maximum atomic E-state index is 13.0. The Hall–Kier alpha value is -1.59. The van der Waals surface area contributed by atoms with Crippen LogP contribution in [0.2, 0.25) is 0 Å². The molecule has 0 aliphatic carbocycles. The van der Waals surface area contributed by atoms with Gasteiger partial charge < -0.3 is 14.2 Å². The second-order valence-electron chi connectivity index (χ2n) is 26.2. The van der Waals surface area contributed by atoms with Crippen LogP contribution in [0.25, 0.3) is 0 Å². The Labute approximate surface area is 495 Å². The zero-order valence-corrected chi connectivity index (χ0v) is 54.7. The van der Waals surface area contributed by atoms with E-state index in [0.29, 0.717) is 19.3 Å². The molecular formula is C73H142O6. The maximum Gasteiger partial charge on any atom is 0.306 e. The lowest BCUT2D eigenvalue weighted by Gasteiger charge is -2.18. The predicted octanol–water partition coefficient (Wildman–Crippen LogP) is 24.6. The summed E-state index contributed by atoms with van der Waals surface area (Å²) < 4.78 is 17.0. The molecule has 79 heavy (non-hydrogen) atoms. The fraction of sp³-hybridized carbons (Fsp3) is 0.959. The number of carbonyl (C=O) groups is 3. The quantitative estimate of drug-likeness (QED) is 0.0343. The molecule has 6 nitrogen and oxygen atoms in total. The van der Waals surface area contributed by atoms with Crippen molar-refractivity contribution >= 4 is 17.9 Å². The van der Waals surface area contributed by atoms with Crippen molar-refractivity contribution < 1.29 is 28.6 Å². The van der Waals surface area contributed by atoms with Gasteiger partial charge in [-0.05, 0) is 37.0 Å². The van der Waals surface area contributed by atoms with Crippen molar-refractivity contribution in [3.05, 3.63) is 0 Å². The first-order chi connectivity index (χ1) is 38.7. The molecule has 0 amide bonds. The Bertz CT molecular complexity index is 1230.